The molecule has 0 atom stereocenters. The van der Waals surface area contributed by atoms with E-state index in [2.05, 4.69) is 9.97 Å². The van der Waals surface area contributed by atoms with Crippen LogP contribution in [0.5, 0.6) is 0 Å². The number of ether oxygens (including phenoxy) is 1. The van der Waals surface area contributed by atoms with Crippen molar-refractivity contribution < 1.29 is 14.5 Å². The Hall–Kier alpha value is -2.25. The van der Waals surface area contributed by atoms with Crippen LogP contribution >= 0.6 is 0 Å². The number of anilines is 1. The molecule has 0 unspecified atom stereocenters. The monoisotopic (exact) mass is 266 g/mol. The van der Waals surface area contributed by atoms with Crippen LogP contribution in [-0.2, 0) is 9.53 Å². The van der Waals surface area contributed by atoms with E-state index in [1.54, 1.807) is 11.8 Å². The number of aromatic nitrogens is 2. The predicted octanol–water partition coefficient (Wildman–Crippen LogP) is 0.917. The van der Waals surface area contributed by atoms with Gasteiger partial charge in [-0.2, -0.15) is 0 Å². The third kappa shape index (κ3) is 3.36. The number of hydrogen-bond donors (Lipinski definition) is 0. The van der Waals surface area contributed by atoms with Crippen LogP contribution in [0.2, 0.25) is 0 Å². The van der Waals surface area contributed by atoms with Crippen LogP contribution in [0, 0.1) is 10.1 Å². The van der Waals surface area contributed by atoms with E-state index in [9.17, 15) is 14.9 Å². The Bertz CT molecular complexity index is 472. The number of nitrogens with zero attached hydrogens (tertiary/aromatic N) is 4. The largest absolute Gasteiger partial charge is 0.465 e. The number of hydrogen-bond acceptors (Lipinski definition) is 7. The van der Waals surface area contributed by atoms with E-state index in [0.717, 1.165) is 25.2 Å². The molecule has 1 aromatic rings. The molecular weight excluding hydrogens is 252 g/mol. The van der Waals surface area contributed by atoms with Crippen molar-refractivity contribution in [3.05, 3.63) is 22.5 Å². The lowest BCUT2D eigenvalue weighted by Crippen LogP contribution is -2.34. The summed E-state index contributed by atoms with van der Waals surface area (Å²) in [7, 11) is 0. The molecule has 0 spiro atoms. The highest BCUT2D eigenvalue weighted by molar-refractivity contribution is 5.75. The Morgan fingerprint density at radius 1 is 1.53 bits per heavy atom. The summed E-state index contributed by atoms with van der Waals surface area (Å²) in [5.41, 5.74) is -0.171. The van der Waals surface area contributed by atoms with Gasteiger partial charge in [-0.05, 0) is 19.8 Å². The molecular formula is C11H14N4O4. The Morgan fingerprint density at radius 3 is 2.63 bits per heavy atom. The van der Waals surface area contributed by atoms with Crippen molar-refractivity contribution in [1.29, 1.82) is 0 Å². The molecule has 1 aliphatic rings. The first-order valence-corrected chi connectivity index (χ1v) is 6.00. The third-order valence-electron chi connectivity index (χ3n) is 2.68. The van der Waals surface area contributed by atoms with Crippen LogP contribution in [0.15, 0.2) is 12.4 Å². The molecule has 8 nitrogen and oxygen atoms in total. The van der Waals surface area contributed by atoms with Gasteiger partial charge in [0, 0.05) is 6.04 Å². The molecule has 0 aliphatic heterocycles. The van der Waals surface area contributed by atoms with Crippen LogP contribution in [0.3, 0.4) is 0 Å². The maximum atomic E-state index is 11.5. The maximum Gasteiger partial charge on any atom is 0.325 e. The minimum atomic E-state index is -0.559. The minimum Gasteiger partial charge on any atom is -0.465 e. The lowest BCUT2D eigenvalue weighted by Gasteiger charge is -2.20. The molecule has 0 radical (unpaired) electrons. The van der Waals surface area contributed by atoms with Crippen LogP contribution in [0.25, 0.3) is 0 Å². The second-order valence-electron chi connectivity index (χ2n) is 4.16. The summed E-state index contributed by atoms with van der Waals surface area (Å²) in [6, 6.07) is 0.214. The summed E-state index contributed by atoms with van der Waals surface area (Å²) >= 11 is 0. The fourth-order valence-electron chi connectivity index (χ4n) is 1.65. The molecule has 1 saturated carbocycles. The lowest BCUT2D eigenvalue weighted by atomic mass is 10.4. The normalized spacial score (nSPS) is 13.9. The molecule has 2 rings (SSSR count). The van der Waals surface area contributed by atoms with Crippen molar-refractivity contribution in [2.75, 3.05) is 18.1 Å². The van der Waals surface area contributed by atoms with Gasteiger partial charge >= 0.3 is 11.7 Å². The van der Waals surface area contributed by atoms with Gasteiger partial charge in [0.05, 0.1) is 11.5 Å². The number of esters is 1. The van der Waals surface area contributed by atoms with Crippen LogP contribution in [0.4, 0.5) is 11.6 Å². The second kappa shape index (κ2) is 5.59. The highest BCUT2D eigenvalue weighted by atomic mass is 16.6. The van der Waals surface area contributed by atoms with Crippen molar-refractivity contribution in [3.63, 3.8) is 0 Å². The first-order valence-electron chi connectivity index (χ1n) is 6.00. The fraction of sp³-hybridized carbons (Fsp3) is 0.545. The van der Waals surface area contributed by atoms with Crippen molar-refractivity contribution in [2.24, 2.45) is 0 Å². The Labute approximate surface area is 109 Å². The molecule has 1 aliphatic carbocycles. The van der Waals surface area contributed by atoms with Gasteiger partial charge in [0.15, 0.2) is 0 Å². The van der Waals surface area contributed by atoms with Crippen LogP contribution in [-0.4, -0.2) is 40.1 Å². The minimum absolute atomic E-state index is 0.0658. The average Bonchev–Trinajstić information content (AvgIpc) is 3.21. The van der Waals surface area contributed by atoms with E-state index >= 15 is 0 Å². The highest BCUT2D eigenvalue weighted by Crippen LogP contribution is 2.29. The molecule has 0 aromatic carbocycles. The number of carbonyl (C=O) groups excluding carboxylic acids is 1. The van der Waals surface area contributed by atoms with Crippen molar-refractivity contribution in [2.45, 2.75) is 25.8 Å². The summed E-state index contributed by atoms with van der Waals surface area (Å²) in [6.45, 7) is 2.12. The lowest BCUT2D eigenvalue weighted by molar-refractivity contribution is -0.385. The van der Waals surface area contributed by atoms with Gasteiger partial charge in [0.2, 0.25) is 5.95 Å². The van der Waals surface area contributed by atoms with Gasteiger partial charge in [-0.3, -0.25) is 14.9 Å². The van der Waals surface area contributed by atoms with Crippen molar-refractivity contribution in [3.8, 4) is 0 Å². The van der Waals surface area contributed by atoms with Crippen molar-refractivity contribution in [1.82, 2.24) is 9.97 Å². The molecule has 0 bridgehead atoms. The van der Waals surface area contributed by atoms with Crippen LogP contribution in [0.1, 0.15) is 19.8 Å². The van der Waals surface area contributed by atoms with E-state index in [-0.39, 0.29) is 24.2 Å². The fourth-order valence-corrected chi connectivity index (χ4v) is 1.65. The Morgan fingerprint density at radius 2 is 2.16 bits per heavy atom. The summed E-state index contributed by atoms with van der Waals surface area (Å²) in [5.74, 6) is -0.0301. The van der Waals surface area contributed by atoms with Gasteiger partial charge in [-0.25, -0.2) is 9.97 Å². The molecule has 0 amide bonds. The van der Waals surface area contributed by atoms with Gasteiger partial charge in [0.25, 0.3) is 0 Å². The number of rotatable bonds is 6. The average molecular weight is 266 g/mol. The third-order valence-corrected chi connectivity index (χ3v) is 2.68. The SMILES string of the molecule is CCOC(=O)CN(c1ncc([N+](=O)[O-])cn1)C1CC1. The molecule has 1 heterocycles. The molecule has 19 heavy (non-hydrogen) atoms. The zero-order valence-corrected chi connectivity index (χ0v) is 10.5. The van der Waals surface area contributed by atoms with Gasteiger partial charge in [-0.15, -0.1) is 0 Å². The molecule has 0 saturated heterocycles. The first kappa shape index (κ1) is 13.2. The van der Waals surface area contributed by atoms with E-state index in [1.165, 1.54) is 0 Å². The molecule has 8 heteroatoms. The molecule has 1 aromatic heterocycles. The molecule has 0 N–H and O–H groups in total. The molecule has 1 fully saturated rings. The summed E-state index contributed by atoms with van der Waals surface area (Å²) in [4.78, 5) is 31.1. The van der Waals surface area contributed by atoms with E-state index in [4.69, 9.17) is 4.74 Å². The Balaban J connectivity index is 2.10. The second-order valence-corrected chi connectivity index (χ2v) is 4.16. The number of carbonyl (C=O) groups is 1. The highest BCUT2D eigenvalue weighted by Gasteiger charge is 2.32. The summed E-state index contributed by atoms with van der Waals surface area (Å²) in [5, 5.41) is 10.5. The predicted molar refractivity (Wildman–Crippen MR) is 65.7 cm³/mol. The van der Waals surface area contributed by atoms with Crippen LogP contribution < -0.4 is 4.90 Å². The zero-order chi connectivity index (χ0) is 13.8. The Kier molecular flexibility index (Phi) is 3.88. The quantitative estimate of drug-likeness (QED) is 0.428. The summed E-state index contributed by atoms with van der Waals surface area (Å²) in [6.07, 6.45) is 4.20. The molecule has 102 valence electrons. The summed E-state index contributed by atoms with van der Waals surface area (Å²) < 4.78 is 4.89. The van der Waals surface area contributed by atoms with Gasteiger partial charge < -0.3 is 9.64 Å². The standard InChI is InChI=1S/C11H14N4O4/c1-2-19-10(16)7-14(8-3-4-8)11-12-5-9(6-13-11)15(17)18/h5-6,8H,2-4,7H2,1H3. The van der Waals surface area contributed by atoms with Gasteiger partial charge in [0.1, 0.15) is 18.9 Å². The first-order chi connectivity index (χ1) is 9.11. The number of nitro groups is 1. The van der Waals surface area contributed by atoms with E-state index in [0.29, 0.717) is 12.6 Å². The van der Waals surface area contributed by atoms with Gasteiger partial charge in [-0.1, -0.05) is 0 Å². The van der Waals surface area contributed by atoms with E-state index < -0.39 is 4.92 Å². The topological polar surface area (TPSA) is 98.5 Å². The smallest absolute Gasteiger partial charge is 0.325 e. The maximum absolute atomic E-state index is 11.5. The zero-order valence-electron chi connectivity index (χ0n) is 10.5. The van der Waals surface area contributed by atoms with Crippen molar-refractivity contribution >= 4 is 17.6 Å². The van der Waals surface area contributed by atoms with E-state index in [1.807, 2.05) is 0 Å².